The van der Waals surface area contributed by atoms with Crippen molar-refractivity contribution < 1.29 is 28.5 Å². The lowest BCUT2D eigenvalue weighted by Gasteiger charge is -2.31. The number of fused-ring (bicyclic) bond motifs is 1. The first kappa shape index (κ1) is 27.4. The van der Waals surface area contributed by atoms with Crippen molar-refractivity contribution in [2.75, 3.05) is 19.8 Å². The van der Waals surface area contributed by atoms with Gasteiger partial charge in [0.2, 0.25) is 10.0 Å². The maximum absolute atomic E-state index is 11.3. The van der Waals surface area contributed by atoms with E-state index in [-0.39, 0.29) is 22.4 Å². The van der Waals surface area contributed by atoms with Crippen molar-refractivity contribution in [1.82, 2.24) is 5.32 Å². The van der Waals surface area contributed by atoms with E-state index in [2.05, 4.69) is 5.32 Å². The number of aliphatic hydroxyl groups excluding tert-OH is 1. The molecule has 1 aliphatic rings. The van der Waals surface area contributed by atoms with E-state index in [4.69, 9.17) is 9.88 Å². The molecular formula is C26H38N2O6S. The summed E-state index contributed by atoms with van der Waals surface area (Å²) < 4.78 is 28.3. The van der Waals surface area contributed by atoms with Gasteiger partial charge in [-0.15, -0.1) is 0 Å². The van der Waals surface area contributed by atoms with Gasteiger partial charge in [0, 0.05) is 24.8 Å². The third-order valence-corrected chi connectivity index (χ3v) is 7.51. The summed E-state index contributed by atoms with van der Waals surface area (Å²) in [6.07, 6.45) is 7.75. The van der Waals surface area contributed by atoms with Crippen LogP contribution in [-0.4, -0.2) is 49.5 Å². The monoisotopic (exact) mass is 506 g/mol. The first-order valence-corrected chi connectivity index (χ1v) is 14.0. The van der Waals surface area contributed by atoms with Crippen LogP contribution in [0.3, 0.4) is 0 Å². The second kappa shape index (κ2) is 13.2. The van der Waals surface area contributed by atoms with Gasteiger partial charge in [-0.05, 0) is 80.8 Å². The highest BCUT2D eigenvalue weighted by Crippen LogP contribution is 2.39. The van der Waals surface area contributed by atoms with E-state index in [1.165, 1.54) is 6.07 Å². The molecule has 0 aliphatic heterocycles. The number of aryl methyl sites for hydroxylation is 1. The number of unbranched alkanes of at least 4 members (excludes halogenated alkanes) is 4. The van der Waals surface area contributed by atoms with Gasteiger partial charge in [0.1, 0.15) is 0 Å². The standard InChI is InChI=1S/C26H38N2O6S/c27-35(32,33)20-10-8-19(9-11-20)7-3-6-18-34-17-5-2-1-4-16-28-23-14-12-22-21(25(23)30)13-15-24(29)26(22)31/h8-11,13,15,23,25,28-31H,1-7,12,14,16-18H2,(H2,27,32,33)/t23-,25-/m1/s1. The molecule has 2 aromatic rings. The third kappa shape index (κ3) is 8.18. The van der Waals surface area contributed by atoms with Crippen LogP contribution in [-0.2, 0) is 27.6 Å². The van der Waals surface area contributed by atoms with Crippen LogP contribution >= 0.6 is 0 Å². The molecule has 0 saturated carbocycles. The van der Waals surface area contributed by atoms with Crippen LogP contribution in [0.2, 0.25) is 0 Å². The molecule has 0 radical (unpaired) electrons. The number of rotatable bonds is 14. The Kier molecular flexibility index (Phi) is 10.4. The number of aliphatic hydroxyl groups is 1. The van der Waals surface area contributed by atoms with Gasteiger partial charge in [-0.3, -0.25) is 0 Å². The summed E-state index contributed by atoms with van der Waals surface area (Å²) in [6, 6.07) is 9.79. The Morgan fingerprint density at radius 3 is 2.34 bits per heavy atom. The summed E-state index contributed by atoms with van der Waals surface area (Å²) in [5.74, 6) is -0.249. The van der Waals surface area contributed by atoms with Crippen molar-refractivity contribution in [2.45, 2.75) is 74.8 Å². The molecule has 194 valence electrons. The number of phenolic OH excluding ortho intramolecular Hbond substituents is 2. The number of hydrogen-bond acceptors (Lipinski definition) is 7. The number of primary sulfonamides is 1. The summed E-state index contributed by atoms with van der Waals surface area (Å²) in [6.45, 7) is 2.32. The number of phenols is 2. The van der Waals surface area contributed by atoms with Crippen molar-refractivity contribution in [3.63, 3.8) is 0 Å². The van der Waals surface area contributed by atoms with Crippen molar-refractivity contribution in [3.05, 3.63) is 53.1 Å². The van der Waals surface area contributed by atoms with Crippen LogP contribution in [0.4, 0.5) is 0 Å². The van der Waals surface area contributed by atoms with E-state index in [0.29, 0.717) is 17.5 Å². The fourth-order valence-electron chi connectivity index (χ4n) is 4.52. The number of ether oxygens (including phenoxy) is 1. The van der Waals surface area contributed by atoms with Crippen LogP contribution in [0.25, 0.3) is 0 Å². The zero-order valence-electron chi connectivity index (χ0n) is 20.2. The fraction of sp³-hybridized carbons (Fsp3) is 0.538. The molecule has 9 heteroatoms. The Balaban J connectivity index is 1.17. The van der Waals surface area contributed by atoms with Gasteiger partial charge in [0.15, 0.2) is 11.5 Å². The highest BCUT2D eigenvalue weighted by Gasteiger charge is 2.29. The topological polar surface area (TPSA) is 142 Å². The third-order valence-electron chi connectivity index (χ3n) is 6.58. The minimum absolute atomic E-state index is 0.0404. The molecular weight excluding hydrogens is 468 g/mol. The molecule has 2 atom stereocenters. The van der Waals surface area contributed by atoms with E-state index in [0.717, 1.165) is 76.7 Å². The molecule has 35 heavy (non-hydrogen) atoms. The van der Waals surface area contributed by atoms with Crippen molar-refractivity contribution >= 4 is 10.0 Å². The minimum atomic E-state index is -3.63. The van der Waals surface area contributed by atoms with E-state index in [1.807, 2.05) is 0 Å². The predicted molar refractivity (Wildman–Crippen MR) is 135 cm³/mol. The molecule has 8 nitrogen and oxygen atoms in total. The quantitative estimate of drug-likeness (QED) is 0.195. The molecule has 0 bridgehead atoms. The van der Waals surface area contributed by atoms with Crippen LogP contribution in [0.15, 0.2) is 41.3 Å². The highest BCUT2D eigenvalue weighted by atomic mass is 32.2. The maximum atomic E-state index is 11.3. The molecule has 0 amide bonds. The smallest absolute Gasteiger partial charge is 0.238 e. The molecule has 3 rings (SSSR count). The lowest BCUT2D eigenvalue weighted by Crippen LogP contribution is -2.38. The molecule has 0 aromatic heterocycles. The van der Waals surface area contributed by atoms with Crippen molar-refractivity contribution in [3.8, 4) is 11.5 Å². The second-order valence-corrected chi connectivity index (χ2v) is 10.8. The summed E-state index contributed by atoms with van der Waals surface area (Å²) in [4.78, 5) is 0.140. The Morgan fingerprint density at radius 1 is 0.943 bits per heavy atom. The van der Waals surface area contributed by atoms with E-state index in [9.17, 15) is 23.7 Å². The number of hydrogen-bond donors (Lipinski definition) is 5. The van der Waals surface area contributed by atoms with Gasteiger partial charge >= 0.3 is 0 Å². The molecule has 2 aromatic carbocycles. The Hall–Kier alpha value is -2.17. The predicted octanol–water partition coefficient (Wildman–Crippen LogP) is 3.28. The van der Waals surface area contributed by atoms with Crippen LogP contribution < -0.4 is 10.5 Å². The number of sulfonamides is 1. The average molecular weight is 507 g/mol. The lowest BCUT2D eigenvalue weighted by atomic mass is 9.85. The molecule has 6 N–H and O–H groups in total. The van der Waals surface area contributed by atoms with Gasteiger partial charge in [0.05, 0.1) is 11.0 Å². The number of nitrogens with two attached hydrogens (primary N) is 1. The first-order valence-electron chi connectivity index (χ1n) is 12.4. The van der Waals surface area contributed by atoms with Crippen LogP contribution in [0, 0.1) is 0 Å². The molecule has 0 saturated heterocycles. The van der Waals surface area contributed by atoms with Gasteiger partial charge < -0.3 is 25.4 Å². The molecule has 1 aliphatic carbocycles. The maximum Gasteiger partial charge on any atom is 0.238 e. The summed E-state index contributed by atoms with van der Waals surface area (Å²) in [5.41, 5.74) is 2.43. The Bertz CT molecular complexity index is 1040. The Labute approximate surface area is 208 Å². The fourth-order valence-corrected chi connectivity index (χ4v) is 5.03. The van der Waals surface area contributed by atoms with Crippen molar-refractivity contribution in [1.29, 1.82) is 0 Å². The lowest BCUT2D eigenvalue weighted by molar-refractivity contribution is 0.113. The van der Waals surface area contributed by atoms with Gasteiger partial charge in [0.25, 0.3) is 0 Å². The Morgan fingerprint density at radius 2 is 1.63 bits per heavy atom. The van der Waals surface area contributed by atoms with Gasteiger partial charge in [-0.2, -0.15) is 0 Å². The highest BCUT2D eigenvalue weighted by molar-refractivity contribution is 7.89. The first-order chi connectivity index (χ1) is 16.8. The van der Waals surface area contributed by atoms with Gasteiger partial charge in [-0.1, -0.05) is 31.0 Å². The SMILES string of the molecule is NS(=O)(=O)c1ccc(CCCCOCCCCCCN[C@@H]2CCc3c(ccc(O)c3O)[C@H]2O)cc1. The molecule has 0 unspecified atom stereocenters. The zero-order valence-corrected chi connectivity index (χ0v) is 21.0. The molecule has 0 fully saturated rings. The molecule has 0 heterocycles. The summed E-state index contributed by atoms with van der Waals surface area (Å²) >= 11 is 0. The largest absolute Gasteiger partial charge is 0.504 e. The van der Waals surface area contributed by atoms with E-state index < -0.39 is 16.1 Å². The van der Waals surface area contributed by atoms with Crippen LogP contribution in [0.1, 0.15) is 67.7 Å². The van der Waals surface area contributed by atoms with Crippen molar-refractivity contribution in [2.24, 2.45) is 5.14 Å². The van der Waals surface area contributed by atoms with E-state index in [1.54, 1.807) is 30.3 Å². The summed E-state index contributed by atoms with van der Waals surface area (Å²) in [5, 5.41) is 38.8. The van der Waals surface area contributed by atoms with Gasteiger partial charge in [-0.25, -0.2) is 13.6 Å². The summed E-state index contributed by atoms with van der Waals surface area (Å²) in [7, 11) is -3.63. The van der Waals surface area contributed by atoms with Crippen LogP contribution in [0.5, 0.6) is 11.5 Å². The second-order valence-electron chi connectivity index (χ2n) is 9.22. The normalized spacial score (nSPS) is 17.9. The minimum Gasteiger partial charge on any atom is -0.504 e. The average Bonchev–Trinajstić information content (AvgIpc) is 2.83. The van der Waals surface area contributed by atoms with E-state index >= 15 is 0 Å². The number of aromatic hydroxyl groups is 2. The molecule has 0 spiro atoms. The number of nitrogens with one attached hydrogen (secondary N) is 1. The number of benzene rings is 2. The zero-order chi connectivity index (χ0) is 25.3.